The summed E-state index contributed by atoms with van der Waals surface area (Å²) in [5.41, 5.74) is 7.72. The highest BCUT2D eigenvalue weighted by Gasteiger charge is 2.14. The third-order valence-corrected chi connectivity index (χ3v) is 2.29. The van der Waals surface area contributed by atoms with Crippen LogP contribution in [0.1, 0.15) is 17.2 Å². The number of ether oxygens (including phenoxy) is 2. The van der Waals surface area contributed by atoms with Gasteiger partial charge in [-0.2, -0.15) is 0 Å². The van der Waals surface area contributed by atoms with Crippen molar-refractivity contribution < 1.29 is 9.47 Å². The van der Waals surface area contributed by atoms with Crippen LogP contribution in [-0.4, -0.2) is 20.8 Å². The Morgan fingerprint density at radius 2 is 2.07 bits per heavy atom. The highest BCUT2D eigenvalue weighted by molar-refractivity contribution is 5.42. The molecule has 3 heteroatoms. The second kappa shape index (κ2) is 4.98. The Balaban J connectivity index is 3.11. The first kappa shape index (κ1) is 11.0. The zero-order chi connectivity index (χ0) is 10.6. The lowest BCUT2D eigenvalue weighted by molar-refractivity contribution is 0.108. The SMILES string of the molecule is COc1c(C)cccc1C(CN)OC. The molecule has 1 atom stereocenters. The van der Waals surface area contributed by atoms with E-state index in [1.165, 1.54) is 0 Å². The average molecular weight is 195 g/mol. The number of aryl methyl sites for hydroxylation is 1. The van der Waals surface area contributed by atoms with Crippen molar-refractivity contribution >= 4 is 0 Å². The maximum absolute atomic E-state index is 5.61. The molecule has 0 spiro atoms. The summed E-state index contributed by atoms with van der Waals surface area (Å²) in [6.45, 7) is 2.46. The quantitative estimate of drug-likeness (QED) is 0.794. The Morgan fingerprint density at radius 1 is 1.36 bits per heavy atom. The standard InChI is InChI=1S/C11H17NO2/c1-8-5-4-6-9(11(8)14-3)10(7-12)13-2/h4-6,10H,7,12H2,1-3H3. The van der Waals surface area contributed by atoms with Gasteiger partial charge in [0, 0.05) is 19.2 Å². The van der Waals surface area contributed by atoms with Crippen molar-refractivity contribution in [2.75, 3.05) is 20.8 Å². The molecule has 0 fully saturated rings. The van der Waals surface area contributed by atoms with Gasteiger partial charge in [0.25, 0.3) is 0 Å². The van der Waals surface area contributed by atoms with E-state index in [2.05, 4.69) is 0 Å². The number of methoxy groups -OCH3 is 2. The number of rotatable bonds is 4. The molecule has 0 aliphatic heterocycles. The highest BCUT2D eigenvalue weighted by Crippen LogP contribution is 2.29. The summed E-state index contributed by atoms with van der Waals surface area (Å²) in [5, 5.41) is 0. The molecule has 0 saturated heterocycles. The van der Waals surface area contributed by atoms with E-state index in [0.717, 1.165) is 16.9 Å². The van der Waals surface area contributed by atoms with Crippen molar-refractivity contribution in [3.05, 3.63) is 29.3 Å². The van der Waals surface area contributed by atoms with Gasteiger partial charge < -0.3 is 15.2 Å². The highest BCUT2D eigenvalue weighted by atomic mass is 16.5. The molecule has 1 aromatic rings. The fourth-order valence-electron chi connectivity index (χ4n) is 1.56. The predicted octanol–water partition coefficient (Wildman–Crippen LogP) is 1.65. The van der Waals surface area contributed by atoms with Crippen molar-refractivity contribution in [2.45, 2.75) is 13.0 Å². The minimum absolute atomic E-state index is 0.0927. The van der Waals surface area contributed by atoms with Gasteiger partial charge in [-0.15, -0.1) is 0 Å². The van der Waals surface area contributed by atoms with Crippen LogP contribution in [0.25, 0.3) is 0 Å². The lowest BCUT2D eigenvalue weighted by Crippen LogP contribution is -2.15. The zero-order valence-corrected chi connectivity index (χ0v) is 8.91. The van der Waals surface area contributed by atoms with E-state index >= 15 is 0 Å². The first-order valence-corrected chi connectivity index (χ1v) is 4.61. The molecule has 0 saturated carbocycles. The molecule has 0 amide bonds. The molecule has 78 valence electrons. The molecule has 0 radical (unpaired) electrons. The molecular weight excluding hydrogens is 178 g/mol. The van der Waals surface area contributed by atoms with Crippen LogP contribution >= 0.6 is 0 Å². The van der Waals surface area contributed by atoms with Crippen LogP contribution in [0.4, 0.5) is 0 Å². The van der Waals surface area contributed by atoms with Crippen LogP contribution < -0.4 is 10.5 Å². The smallest absolute Gasteiger partial charge is 0.127 e. The molecule has 0 aliphatic rings. The molecule has 1 rings (SSSR count). The molecular formula is C11H17NO2. The van der Waals surface area contributed by atoms with Crippen LogP contribution in [-0.2, 0) is 4.74 Å². The van der Waals surface area contributed by atoms with Crippen molar-refractivity contribution in [2.24, 2.45) is 5.73 Å². The fraction of sp³-hybridized carbons (Fsp3) is 0.455. The number of hydrogen-bond acceptors (Lipinski definition) is 3. The van der Waals surface area contributed by atoms with Crippen molar-refractivity contribution in [1.29, 1.82) is 0 Å². The Kier molecular flexibility index (Phi) is 3.92. The van der Waals surface area contributed by atoms with E-state index in [1.54, 1.807) is 14.2 Å². The topological polar surface area (TPSA) is 44.5 Å². The normalized spacial score (nSPS) is 12.6. The van der Waals surface area contributed by atoms with E-state index in [-0.39, 0.29) is 6.10 Å². The largest absolute Gasteiger partial charge is 0.496 e. The van der Waals surface area contributed by atoms with E-state index < -0.39 is 0 Å². The Bertz CT molecular complexity index is 295. The third kappa shape index (κ3) is 2.05. The van der Waals surface area contributed by atoms with Crippen molar-refractivity contribution in [3.63, 3.8) is 0 Å². The summed E-state index contributed by atoms with van der Waals surface area (Å²) in [5.74, 6) is 0.866. The number of benzene rings is 1. The monoisotopic (exact) mass is 195 g/mol. The van der Waals surface area contributed by atoms with Gasteiger partial charge in [0.2, 0.25) is 0 Å². The first-order valence-electron chi connectivity index (χ1n) is 4.61. The van der Waals surface area contributed by atoms with Crippen molar-refractivity contribution in [1.82, 2.24) is 0 Å². The Labute approximate surface area is 84.8 Å². The molecule has 0 aliphatic carbocycles. The number of para-hydroxylation sites is 1. The summed E-state index contributed by atoms with van der Waals surface area (Å²) in [6.07, 6.45) is -0.0927. The van der Waals surface area contributed by atoms with Crippen LogP contribution in [0, 0.1) is 6.92 Å². The van der Waals surface area contributed by atoms with Crippen LogP contribution in [0.3, 0.4) is 0 Å². The summed E-state index contributed by atoms with van der Waals surface area (Å²) in [7, 11) is 3.31. The third-order valence-electron chi connectivity index (χ3n) is 2.29. The van der Waals surface area contributed by atoms with Gasteiger partial charge in [0.1, 0.15) is 5.75 Å². The van der Waals surface area contributed by atoms with Gasteiger partial charge >= 0.3 is 0 Å². The minimum Gasteiger partial charge on any atom is -0.496 e. The molecule has 0 bridgehead atoms. The van der Waals surface area contributed by atoms with Gasteiger partial charge in [0.05, 0.1) is 13.2 Å². The van der Waals surface area contributed by atoms with Gasteiger partial charge in [-0.1, -0.05) is 18.2 Å². The number of nitrogens with two attached hydrogens (primary N) is 1. The first-order chi connectivity index (χ1) is 6.74. The summed E-state index contributed by atoms with van der Waals surface area (Å²) in [4.78, 5) is 0. The molecule has 0 aromatic heterocycles. The zero-order valence-electron chi connectivity index (χ0n) is 8.91. The molecule has 14 heavy (non-hydrogen) atoms. The fourth-order valence-corrected chi connectivity index (χ4v) is 1.56. The minimum atomic E-state index is -0.0927. The Hall–Kier alpha value is -1.06. The average Bonchev–Trinajstić information content (AvgIpc) is 2.20. The molecule has 2 N–H and O–H groups in total. The second-order valence-electron chi connectivity index (χ2n) is 3.16. The van der Waals surface area contributed by atoms with E-state index in [9.17, 15) is 0 Å². The van der Waals surface area contributed by atoms with E-state index in [4.69, 9.17) is 15.2 Å². The molecule has 0 heterocycles. The lowest BCUT2D eigenvalue weighted by Gasteiger charge is -2.18. The van der Waals surface area contributed by atoms with E-state index in [0.29, 0.717) is 6.54 Å². The van der Waals surface area contributed by atoms with Gasteiger partial charge in [-0.3, -0.25) is 0 Å². The molecule has 1 aromatic carbocycles. The van der Waals surface area contributed by atoms with Gasteiger partial charge in [0.15, 0.2) is 0 Å². The summed E-state index contributed by atoms with van der Waals surface area (Å²) in [6, 6.07) is 5.97. The van der Waals surface area contributed by atoms with E-state index in [1.807, 2.05) is 25.1 Å². The van der Waals surface area contributed by atoms with Crippen LogP contribution in [0.5, 0.6) is 5.75 Å². The van der Waals surface area contributed by atoms with Gasteiger partial charge in [-0.05, 0) is 12.5 Å². The second-order valence-corrected chi connectivity index (χ2v) is 3.16. The summed E-state index contributed by atoms with van der Waals surface area (Å²) < 4.78 is 10.6. The number of hydrogen-bond donors (Lipinski definition) is 1. The van der Waals surface area contributed by atoms with Gasteiger partial charge in [-0.25, -0.2) is 0 Å². The predicted molar refractivity (Wildman–Crippen MR) is 56.5 cm³/mol. The van der Waals surface area contributed by atoms with Crippen molar-refractivity contribution in [3.8, 4) is 5.75 Å². The molecule has 3 nitrogen and oxygen atoms in total. The van der Waals surface area contributed by atoms with Crippen LogP contribution in [0.15, 0.2) is 18.2 Å². The Morgan fingerprint density at radius 3 is 2.57 bits per heavy atom. The molecule has 1 unspecified atom stereocenters. The maximum Gasteiger partial charge on any atom is 0.127 e. The maximum atomic E-state index is 5.61. The lowest BCUT2D eigenvalue weighted by atomic mass is 10.0. The summed E-state index contributed by atoms with van der Waals surface area (Å²) >= 11 is 0. The van der Waals surface area contributed by atoms with Crippen LogP contribution in [0.2, 0.25) is 0 Å².